The maximum absolute atomic E-state index is 12.5. The Morgan fingerprint density at radius 3 is 2.69 bits per heavy atom. The van der Waals surface area contributed by atoms with Crippen LogP contribution in [0.3, 0.4) is 0 Å². The number of nitrogens with zero attached hydrogens (tertiary/aromatic N) is 1. The van der Waals surface area contributed by atoms with Crippen molar-refractivity contribution in [2.24, 2.45) is 0 Å². The molecule has 136 valence electrons. The van der Waals surface area contributed by atoms with Gasteiger partial charge in [0, 0.05) is 11.1 Å². The van der Waals surface area contributed by atoms with Gasteiger partial charge in [0.25, 0.3) is 5.56 Å². The summed E-state index contributed by atoms with van der Waals surface area (Å²) in [5, 5.41) is 0.571. The lowest BCUT2D eigenvalue weighted by molar-refractivity contribution is 0.0315. The number of carbonyl (C=O) groups is 1. The van der Waals surface area contributed by atoms with Crippen LogP contribution in [0.1, 0.15) is 39.7 Å². The summed E-state index contributed by atoms with van der Waals surface area (Å²) in [7, 11) is -1.32. The van der Waals surface area contributed by atoms with Gasteiger partial charge in [0.15, 0.2) is 11.9 Å². The van der Waals surface area contributed by atoms with Gasteiger partial charge in [0.2, 0.25) is 0 Å². The molecular formula is C18H18N2O4S2. The molecule has 0 radical (unpaired) electrons. The summed E-state index contributed by atoms with van der Waals surface area (Å²) in [5.41, 5.74) is 0.908. The molecule has 8 heteroatoms. The number of aromatic amines is 1. The van der Waals surface area contributed by atoms with Gasteiger partial charge in [0.1, 0.15) is 4.83 Å². The first-order valence-corrected chi connectivity index (χ1v) is 10.3. The molecule has 0 fully saturated rings. The normalized spacial score (nSPS) is 13.5. The molecule has 2 atom stereocenters. The number of fused-ring (bicyclic) bond motifs is 1. The molecule has 1 aromatic carbocycles. The fourth-order valence-electron chi connectivity index (χ4n) is 2.63. The number of hydrogen-bond donors (Lipinski definition) is 1. The molecule has 0 unspecified atom stereocenters. The van der Waals surface area contributed by atoms with Gasteiger partial charge in [-0.2, -0.15) is 0 Å². The molecule has 0 saturated heterocycles. The number of rotatable bonds is 4. The van der Waals surface area contributed by atoms with Gasteiger partial charge in [-0.15, -0.1) is 11.3 Å². The van der Waals surface area contributed by atoms with Crippen molar-refractivity contribution in [3.63, 3.8) is 0 Å². The summed E-state index contributed by atoms with van der Waals surface area (Å²) >= 11 is 1.43. The summed E-state index contributed by atoms with van der Waals surface area (Å²) in [6.07, 6.45) is 0.755. The lowest BCUT2D eigenvalue weighted by atomic mass is 10.2. The molecule has 2 heterocycles. The maximum Gasteiger partial charge on any atom is 0.340 e. The van der Waals surface area contributed by atoms with Gasteiger partial charge >= 0.3 is 5.97 Å². The Kier molecular flexibility index (Phi) is 5.06. The predicted octanol–water partition coefficient (Wildman–Crippen LogP) is 3.26. The van der Waals surface area contributed by atoms with Crippen molar-refractivity contribution in [1.82, 2.24) is 9.97 Å². The monoisotopic (exact) mass is 390 g/mol. The van der Waals surface area contributed by atoms with E-state index < -0.39 is 22.9 Å². The fourth-order valence-corrected chi connectivity index (χ4v) is 4.40. The molecule has 2 aromatic heterocycles. The summed E-state index contributed by atoms with van der Waals surface area (Å²) in [6.45, 7) is 5.46. The molecular weight excluding hydrogens is 372 g/mol. The zero-order valence-electron chi connectivity index (χ0n) is 14.8. The number of esters is 1. The minimum atomic E-state index is -1.32. The predicted molar refractivity (Wildman–Crippen MR) is 102 cm³/mol. The SMILES string of the molecule is Cc1sc2nc([C@@H](C)OC(=O)c3ccccc3[S@@](C)=O)[nH]c(=O)c2c1C. The number of aromatic nitrogens is 2. The third-order valence-electron chi connectivity index (χ3n) is 4.14. The molecule has 0 spiro atoms. The zero-order chi connectivity index (χ0) is 19.0. The van der Waals surface area contributed by atoms with E-state index in [0.29, 0.717) is 15.1 Å². The van der Waals surface area contributed by atoms with E-state index in [9.17, 15) is 13.8 Å². The topological polar surface area (TPSA) is 89.1 Å². The first-order valence-electron chi connectivity index (χ1n) is 7.93. The highest BCUT2D eigenvalue weighted by molar-refractivity contribution is 7.84. The standard InChI is InChI=1S/C18H18N2O4S2/c1-9-11(3)25-17-14(9)16(21)19-15(20-17)10(2)24-18(22)12-7-5-6-8-13(12)26(4)23/h5-8,10H,1-4H3,(H,19,20,21)/t10-,26-/m1/s1. The van der Waals surface area contributed by atoms with Gasteiger partial charge in [-0.3, -0.25) is 9.00 Å². The molecule has 26 heavy (non-hydrogen) atoms. The molecule has 0 aliphatic rings. The first-order chi connectivity index (χ1) is 12.3. The van der Waals surface area contributed by atoms with E-state index >= 15 is 0 Å². The van der Waals surface area contributed by atoms with E-state index in [1.807, 2.05) is 13.8 Å². The van der Waals surface area contributed by atoms with E-state index in [1.165, 1.54) is 17.6 Å². The van der Waals surface area contributed by atoms with Crippen molar-refractivity contribution in [3.05, 3.63) is 56.4 Å². The average molecular weight is 390 g/mol. The lowest BCUT2D eigenvalue weighted by Crippen LogP contribution is -2.18. The van der Waals surface area contributed by atoms with E-state index in [1.54, 1.807) is 31.2 Å². The first kappa shape index (κ1) is 18.5. The number of hydrogen-bond acceptors (Lipinski definition) is 6. The quantitative estimate of drug-likeness (QED) is 0.691. The van der Waals surface area contributed by atoms with Crippen molar-refractivity contribution in [1.29, 1.82) is 0 Å². The smallest absolute Gasteiger partial charge is 0.340 e. The third-order valence-corrected chi connectivity index (χ3v) is 6.22. The van der Waals surface area contributed by atoms with Gasteiger partial charge in [0.05, 0.1) is 26.6 Å². The minimum Gasteiger partial charge on any atom is -0.451 e. The van der Waals surface area contributed by atoms with Crippen LogP contribution in [-0.4, -0.2) is 26.4 Å². The molecule has 0 saturated carbocycles. The Morgan fingerprint density at radius 2 is 2.00 bits per heavy atom. The largest absolute Gasteiger partial charge is 0.451 e. The molecule has 0 aliphatic heterocycles. The van der Waals surface area contributed by atoms with Gasteiger partial charge < -0.3 is 9.72 Å². The average Bonchev–Trinajstić information content (AvgIpc) is 2.89. The molecule has 0 aliphatic carbocycles. The molecule has 6 nitrogen and oxygen atoms in total. The molecule has 1 N–H and O–H groups in total. The van der Waals surface area contributed by atoms with Crippen LogP contribution in [-0.2, 0) is 15.5 Å². The highest BCUT2D eigenvalue weighted by Gasteiger charge is 2.21. The van der Waals surface area contributed by atoms with Gasteiger partial charge in [-0.05, 0) is 38.5 Å². The van der Waals surface area contributed by atoms with Crippen molar-refractivity contribution >= 4 is 38.3 Å². The Labute approximate surface area is 156 Å². The van der Waals surface area contributed by atoms with Gasteiger partial charge in [-0.25, -0.2) is 9.78 Å². The third kappa shape index (κ3) is 3.34. The van der Waals surface area contributed by atoms with Crippen LogP contribution in [0, 0.1) is 13.8 Å². The van der Waals surface area contributed by atoms with Crippen LogP contribution < -0.4 is 5.56 Å². The number of H-pyrrole nitrogens is 1. The molecule has 3 rings (SSSR count). The number of ether oxygens (including phenoxy) is 1. The fraction of sp³-hybridized carbons (Fsp3) is 0.278. The van der Waals surface area contributed by atoms with Crippen LogP contribution in [0.4, 0.5) is 0 Å². The van der Waals surface area contributed by atoms with Crippen LogP contribution >= 0.6 is 11.3 Å². The van der Waals surface area contributed by atoms with E-state index in [0.717, 1.165) is 10.4 Å². The summed E-state index contributed by atoms with van der Waals surface area (Å²) in [4.78, 5) is 34.1. The Hall–Kier alpha value is -2.32. The van der Waals surface area contributed by atoms with Crippen LogP contribution in [0.5, 0.6) is 0 Å². The van der Waals surface area contributed by atoms with Gasteiger partial charge in [-0.1, -0.05) is 12.1 Å². The number of carbonyl (C=O) groups excluding carboxylic acids is 1. The van der Waals surface area contributed by atoms with E-state index in [4.69, 9.17) is 4.74 Å². The molecule has 3 aromatic rings. The van der Waals surface area contributed by atoms with Crippen molar-refractivity contribution in [2.45, 2.75) is 31.8 Å². The minimum absolute atomic E-state index is 0.242. The summed E-state index contributed by atoms with van der Waals surface area (Å²) in [6, 6.07) is 6.59. The second kappa shape index (κ2) is 7.13. The Balaban J connectivity index is 1.92. The van der Waals surface area contributed by atoms with E-state index in [-0.39, 0.29) is 16.9 Å². The highest BCUT2D eigenvalue weighted by Crippen LogP contribution is 2.27. The van der Waals surface area contributed by atoms with E-state index in [2.05, 4.69) is 9.97 Å². The second-order valence-corrected chi connectivity index (χ2v) is 8.46. The molecule has 0 bridgehead atoms. The van der Waals surface area contributed by atoms with Crippen LogP contribution in [0.2, 0.25) is 0 Å². The second-order valence-electron chi connectivity index (χ2n) is 5.91. The maximum atomic E-state index is 12.5. The number of nitrogens with one attached hydrogen (secondary N) is 1. The lowest BCUT2D eigenvalue weighted by Gasteiger charge is -2.14. The van der Waals surface area contributed by atoms with Crippen LogP contribution in [0.15, 0.2) is 34.0 Å². The van der Waals surface area contributed by atoms with Crippen LogP contribution in [0.25, 0.3) is 10.2 Å². The number of aryl methyl sites for hydroxylation is 2. The highest BCUT2D eigenvalue weighted by atomic mass is 32.2. The number of thiophene rings is 1. The summed E-state index contributed by atoms with van der Waals surface area (Å²) < 4.78 is 17.2. The van der Waals surface area contributed by atoms with Crippen molar-refractivity contribution in [3.8, 4) is 0 Å². The summed E-state index contributed by atoms with van der Waals surface area (Å²) in [5.74, 6) is -0.322. The molecule has 0 amide bonds. The number of benzene rings is 1. The van der Waals surface area contributed by atoms with Crippen molar-refractivity contribution in [2.75, 3.05) is 6.26 Å². The Bertz CT molecular complexity index is 1080. The Morgan fingerprint density at radius 1 is 1.31 bits per heavy atom. The zero-order valence-corrected chi connectivity index (χ0v) is 16.4. The van der Waals surface area contributed by atoms with Crippen molar-refractivity contribution < 1.29 is 13.7 Å².